The van der Waals surface area contributed by atoms with Gasteiger partial charge in [-0.3, -0.25) is 9.69 Å². The molecule has 0 radical (unpaired) electrons. The van der Waals surface area contributed by atoms with Crippen LogP contribution in [0.3, 0.4) is 0 Å². The molecule has 1 aliphatic heterocycles. The number of benzene rings is 1. The lowest BCUT2D eigenvalue weighted by Gasteiger charge is -2.19. The topological polar surface area (TPSA) is 67.9 Å². The van der Waals surface area contributed by atoms with Crippen LogP contribution in [0.4, 0.5) is 9.39 Å². The SMILES string of the molecule is CCOC(=O)c1c(-c2ccc(F)cc2)csc1NC(=O)CN(C)CC1CCCO1. The molecular formula is C21H25FN2O4S. The van der Waals surface area contributed by atoms with Crippen molar-refractivity contribution in [2.24, 2.45) is 0 Å². The van der Waals surface area contributed by atoms with E-state index in [1.807, 2.05) is 11.9 Å². The average molecular weight is 421 g/mol. The Morgan fingerprint density at radius 1 is 1.34 bits per heavy atom. The summed E-state index contributed by atoms with van der Waals surface area (Å²) >= 11 is 1.25. The van der Waals surface area contributed by atoms with E-state index in [2.05, 4.69) is 5.32 Å². The van der Waals surface area contributed by atoms with Crippen LogP contribution < -0.4 is 5.32 Å². The van der Waals surface area contributed by atoms with E-state index >= 15 is 0 Å². The molecule has 0 spiro atoms. The number of carbonyl (C=O) groups excluding carboxylic acids is 2. The van der Waals surface area contributed by atoms with E-state index < -0.39 is 5.97 Å². The number of ether oxygens (including phenoxy) is 2. The number of hydrogen-bond acceptors (Lipinski definition) is 6. The van der Waals surface area contributed by atoms with Gasteiger partial charge in [-0.05, 0) is 44.5 Å². The minimum atomic E-state index is -0.518. The molecule has 0 bridgehead atoms. The molecule has 0 aliphatic carbocycles. The zero-order valence-corrected chi connectivity index (χ0v) is 17.4. The molecule has 1 saturated heterocycles. The molecule has 1 aliphatic rings. The molecule has 6 nitrogen and oxygen atoms in total. The van der Waals surface area contributed by atoms with Crippen molar-refractivity contribution in [3.63, 3.8) is 0 Å². The van der Waals surface area contributed by atoms with Crippen molar-refractivity contribution >= 4 is 28.2 Å². The molecule has 1 atom stereocenters. The first-order valence-corrected chi connectivity index (χ1v) is 10.5. The third kappa shape index (κ3) is 5.62. The van der Waals surface area contributed by atoms with Crippen molar-refractivity contribution in [2.45, 2.75) is 25.9 Å². The first-order chi connectivity index (χ1) is 14.0. The van der Waals surface area contributed by atoms with E-state index in [0.29, 0.717) is 28.2 Å². The molecule has 1 aromatic heterocycles. The Morgan fingerprint density at radius 3 is 2.76 bits per heavy atom. The fourth-order valence-corrected chi connectivity index (χ4v) is 4.28. The Morgan fingerprint density at radius 2 is 2.10 bits per heavy atom. The van der Waals surface area contributed by atoms with Crippen molar-refractivity contribution in [3.05, 3.63) is 41.0 Å². The number of halogens is 1. The normalized spacial score (nSPS) is 16.2. The van der Waals surface area contributed by atoms with Crippen LogP contribution in [0.15, 0.2) is 29.6 Å². The number of nitrogens with one attached hydrogen (secondary N) is 1. The maximum atomic E-state index is 13.3. The van der Waals surface area contributed by atoms with Gasteiger partial charge in [0, 0.05) is 24.1 Å². The summed E-state index contributed by atoms with van der Waals surface area (Å²) in [5.74, 6) is -1.09. The highest BCUT2D eigenvalue weighted by Crippen LogP contribution is 2.36. The van der Waals surface area contributed by atoms with Gasteiger partial charge in [-0.15, -0.1) is 11.3 Å². The molecule has 1 fully saturated rings. The molecule has 29 heavy (non-hydrogen) atoms. The highest BCUT2D eigenvalue weighted by molar-refractivity contribution is 7.15. The van der Waals surface area contributed by atoms with E-state index in [0.717, 1.165) is 19.4 Å². The van der Waals surface area contributed by atoms with Crippen molar-refractivity contribution in [1.82, 2.24) is 4.90 Å². The van der Waals surface area contributed by atoms with Crippen molar-refractivity contribution in [2.75, 3.05) is 38.7 Å². The Bertz CT molecular complexity index is 847. The number of rotatable bonds is 8. The largest absolute Gasteiger partial charge is 0.462 e. The number of hydrogen-bond donors (Lipinski definition) is 1. The van der Waals surface area contributed by atoms with Crippen LogP contribution in [0, 0.1) is 5.82 Å². The van der Waals surface area contributed by atoms with Crippen LogP contribution in [-0.4, -0.2) is 56.2 Å². The first-order valence-electron chi connectivity index (χ1n) is 9.62. The smallest absolute Gasteiger partial charge is 0.341 e. The predicted octanol–water partition coefficient (Wildman–Crippen LogP) is 3.78. The second kappa shape index (κ2) is 9.96. The Labute approximate surface area is 173 Å². The van der Waals surface area contributed by atoms with Gasteiger partial charge >= 0.3 is 5.97 Å². The second-order valence-electron chi connectivity index (χ2n) is 6.96. The maximum absolute atomic E-state index is 13.3. The first kappa shape index (κ1) is 21.4. The fraction of sp³-hybridized carbons (Fsp3) is 0.429. The summed E-state index contributed by atoms with van der Waals surface area (Å²) in [5, 5.41) is 5.03. The summed E-state index contributed by atoms with van der Waals surface area (Å²) in [6.07, 6.45) is 2.22. The average Bonchev–Trinajstić information content (AvgIpc) is 3.32. The van der Waals surface area contributed by atoms with Crippen LogP contribution >= 0.6 is 11.3 Å². The summed E-state index contributed by atoms with van der Waals surface area (Å²) < 4.78 is 24.0. The molecule has 3 rings (SSSR count). The van der Waals surface area contributed by atoms with Crippen LogP contribution in [0.1, 0.15) is 30.1 Å². The van der Waals surface area contributed by atoms with Gasteiger partial charge in [0.1, 0.15) is 16.4 Å². The van der Waals surface area contributed by atoms with Gasteiger partial charge in [-0.1, -0.05) is 12.1 Å². The van der Waals surface area contributed by atoms with E-state index in [9.17, 15) is 14.0 Å². The van der Waals surface area contributed by atoms with Crippen LogP contribution in [0.25, 0.3) is 11.1 Å². The van der Waals surface area contributed by atoms with E-state index in [-0.39, 0.29) is 31.0 Å². The van der Waals surface area contributed by atoms with Gasteiger partial charge in [0.2, 0.25) is 5.91 Å². The summed E-state index contributed by atoms with van der Waals surface area (Å²) in [7, 11) is 1.87. The number of thiophene rings is 1. The summed E-state index contributed by atoms with van der Waals surface area (Å²) in [5.41, 5.74) is 1.58. The van der Waals surface area contributed by atoms with Crippen LogP contribution in [-0.2, 0) is 14.3 Å². The lowest BCUT2D eigenvalue weighted by Crippen LogP contribution is -2.35. The number of likely N-dealkylation sites (N-methyl/N-ethyl adjacent to an activating group) is 1. The molecule has 8 heteroatoms. The zero-order valence-electron chi connectivity index (χ0n) is 16.6. The summed E-state index contributed by atoms with van der Waals surface area (Å²) in [6, 6.07) is 5.86. The fourth-order valence-electron chi connectivity index (χ4n) is 3.31. The van der Waals surface area contributed by atoms with Crippen molar-refractivity contribution < 1.29 is 23.5 Å². The Hall–Kier alpha value is -2.29. The summed E-state index contributed by atoms with van der Waals surface area (Å²) in [4.78, 5) is 27.0. The van der Waals surface area contributed by atoms with Crippen LogP contribution in [0.5, 0.6) is 0 Å². The van der Waals surface area contributed by atoms with E-state index in [4.69, 9.17) is 9.47 Å². The highest BCUT2D eigenvalue weighted by Gasteiger charge is 2.24. The molecule has 0 saturated carbocycles. The maximum Gasteiger partial charge on any atom is 0.341 e. The lowest BCUT2D eigenvalue weighted by molar-refractivity contribution is -0.117. The van der Waals surface area contributed by atoms with E-state index in [1.54, 1.807) is 24.4 Å². The summed E-state index contributed by atoms with van der Waals surface area (Å²) in [6.45, 7) is 3.58. The minimum absolute atomic E-state index is 0.162. The minimum Gasteiger partial charge on any atom is -0.462 e. The Kier molecular flexibility index (Phi) is 7.35. The quantitative estimate of drug-likeness (QED) is 0.659. The van der Waals surface area contributed by atoms with Crippen molar-refractivity contribution in [1.29, 1.82) is 0 Å². The number of amides is 1. The standard InChI is InChI=1S/C21H25FN2O4S/c1-3-27-21(26)19-17(14-6-8-15(22)9-7-14)13-29-20(19)23-18(25)12-24(2)11-16-5-4-10-28-16/h6-9,13,16H,3-5,10-12H2,1-2H3,(H,23,25). The monoisotopic (exact) mass is 420 g/mol. The van der Waals surface area contributed by atoms with Crippen molar-refractivity contribution in [3.8, 4) is 11.1 Å². The molecule has 156 valence electrons. The van der Waals surface area contributed by atoms with Crippen LogP contribution in [0.2, 0.25) is 0 Å². The van der Waals surface area contributed by atoms with E-state index in [1.165, 1.54) is 23.5 Å². The molecule has 1 amide bonds. The highest BCUT2D eigenvalue weighted by atomic mass is 32.1. The molecule has 1 N–H and O–H groups in total. The third-order valence-electron chi connectivity index (χ3n) is 4.63. The van der Waals surface area contributed by atoms with Gasteiger partial charge in [0.15, 0.2) is 0 Å². The predicted molar refractivity (Wildman–Crippen MR) is 111 cm³/mol. The van der Waals surface area contributed by atoms with Gasteiger partial charge in [0.05, 0.1) is 19.3 Å². The zero-order chi connectivity index (χ0) is 20.8. The number of carbonyl (C=O) groups is 2. The Balaban J connectivity index is 1.74. The molecule has 2 heterocycles. The molecule has 2 aromatic rings. The number of anilines is 1. The van der Waals surface area contributed by atoms with Gasteiger partial charge in [0.25, 0.3) is 0 Å². The third-order valence-corrected chi connectivity index (χ3v) is 5.53. The van der Waals surface area contributed by atoms with Gasteiger partial charge in [-0.25, -0.2) is 9.18 Å². The number of esters is 1. The second-order valence-corrected chi connectivity index (χ2v) is 7.84. The molecule has 1 unspecified atom stereocenters. The number of nitrogens with zero attached hydrogens (tertiary/aromatic N) is 1. The lowest BCUT2D eigenvalue weighted by atomic mass is 10.0. The molecular weight excluding hydrogens is 395 g/mol. The van der Waals surface area contributed by atoms with Gasteiger partial charge < -0.3 is 14.8 Å². The van der Waals surface area contributed by atoms with Gasteiger partial charge in [-0.2, -0.15) is 0 Å². The molecule has 1 aromatic carbocycles.